The van der Waals surface area contributed by atoms with Crippen molar-refractivity contribution in [1.82, 2.24) is 30.2 Å². The summed E-state index contributed by atoms with van der Waals surface area (Å²) in [6.07, 6.45) is 10.4. The van der Waals surface area contributed by atoms with E-state index < -0.39 is 5.82 Å². The van der Waals surface area contributed by atoms with Gasteiger partial charge in [-0.2, -0.15) is 0 Å². The molecule has 0 saturated heterocycles. The minimum atomic E-state index is -0.438. The predicted octanol–water partition coefficient (Wildman–Crippen LogP) is 2.50. The Balaban J connectivity index is 1.62. The van der Waals surface area contributed by atoms with Gasteiger partial charge in [0.05, 0.1) is 6.20 Å². The molecule has 3 heterocycles. The third kappa shape index (κ3) is 3.17. The number of nitrogens with zero attached hydrogens (tertiary/aromatic N) is 4. The van der Waals surface area contributed by atoms with Crippen molar-refractivity contribution in [3.8, 4) is 11.4 Å². The van der Waals surface area contributed by atoms with Gasteiger partial charge in [-0.1, -0.05) is 0 Å². The first-order valence-electron chi connectivity index (χ1n) is 8.48. The second-order valence-electron chi connectivity index (χ2n) is 6.37. The van der Waals surface area contributed by atoms with Crippen molar-refractivity contribution in [3.05, 3.63) is 30.7 Å². The lowest BCUT2D eigenvalue weighted by atomic mass is 9.91. The van der Waals surface area contributed by atoms with Crippen LogP contribution in [0.2, 0.25) is 0 Å². The molecule has 0 amide bonds. The highest BCUT2D eigenvalue weighted by Crippen LogP contribution is 2.27. The van der Waals surface area contributed by atoms with Gasteiger partial charge in [-0.3, -0.25) is 0 Å². The standard InChI is InChI=1S/C17H20FN7/c1-19-10-3-2-4-11(5-10)24-17-14(18)8-22-16(25-17)13-7-21-15-12(13)6-20-9-23-15/h6-11,19H,2-5H2,1H3,(H,20,21,23)(H,22,24,25). The Kier molecular flexibility index (Phi) is 4.27. The molecule has 3 aromatic rings. The molecule has 0 spiro atoms. The molecule has 0 bridgehead atoms. The number of hydrogen-bond donors (Lipinski definition) is 3. The molecule has 1 fully saturated rings. The van der Waals surface area contributed by atoms with Crippen LogP contribution in [-0.2, 0) is 0 Å². The van der Waals surface area contributed by atoms with Crippen molar-refractivity contribution in [3.63, 3.8) is 0 Å². The molecule has 8 heteroatoms. The monoisotopic (exact) mass is 341 g/mol. The highest BCUT2D eigenvalue weighted by molar-refractivity contribution is 5.90. The van der Waals surface area contributed by atoms with Gasteiger partial charge < -0.3 is 15.6 Å². The van der Waals surface area contributed by atoms with Crippen molar-refractivity contribution < 1.29 is 4.39 Å². The van der Waals surface area contributed by atoms with Crippen molar-refractivity contribution >= 4 is 16.9 Å². The highest BCUT2D eigenvalue weighted by atomic mass is 19.1. The smallest absolute Gasteiger partial charge is 0.183 e. The van der Waals surface area contributed by atoms with E-state index in [4.69, 9.17) is 0 Å². The first kappa shape index (κ1) is 15.9. The van der Waals surface area contributed by atoms with Gasteiger partial charge in [-0.25, -0.2) is 24.3 Å². The van der Waals surface area contributed by atoms with Gasteiger partial charge in [0.15, 0.2) is 17.5 Å². The maximum Gasteiger partial charge on any atom is 0.183 e. The summed E-state index contributed by atoms with van der Waals surface area (Å²) >= 11 is 0. The van der Waals surface area contributed by atoms with Crippen LogP contribution in [0.15, 0.2) is 24.9 Å². The molecule has 2 unspecified atom stereocenters. The summed E-state index contributed by atoms with van der Waals surface area (Å²) in [5, 5.41) is 7.37. The largest absolute Gasteiger partial charge is 0.365 e. The zero-order chi connectivity index (χ0) is 17.2. The molecule has 4 rings (SSSR count). The molecule has 3 N–H and O–H groups in total. The highest BCUT2D eigenvalue weighted by Gasteiger charge is 2.22. The zero-order valence-electron chi connectivity index (χ0n) is 14.0. The summed E-state index contributed by atoms with van der Waals surface area (Å²) in [5.74, 6) is 0.260. The van der Waals surface area contributed by atoms with Crippen LogP contribution in [0.25, 0.3) is 22.4 Å². The average molecular weight is 341 g/mol. The number of halogens is 1. The average Bonchev–Trinajstić information content (AvgIpc) is 3.08. The maximum absolute atomic E-state index is 14.2. The van der Waals surface area contributed by atoms with E-state index in [9.17, 15) is 4.39 Å². The van der Waals surface area contributed by atoms with Gasteiger partial charge >= 0.3 is 0 Å². The fourth-order valence-corrected chi connectivity index (χ4v) is 3.42. The minimum Gasteiger partial charge on any atom is -0.365 e. The van der Waals surface area contributed by atoms with E-state index in [0.29, 0.717) is 17.5 Å². The van der Waals surface area contributed by atoms with Gasteiger partial charge in [0, 0.05) is 35.4 Å². The first-order chi connectivity index (χ1) is 12.2. The van der Waals surface area contributed by atoms with Gasteiger partial charge in [0.25, 0.3) is 0 Å². The Morgan fingerprint density at radius 3 is 2.96 bits per heavy atom. The third-order valence-electron chi connectivity index (χ3n) is 4.76. The summed E-state index contributed by atoms with van der Waals surface area (Å²) in [6, 6.07) is 0.663. The fraction of sp³-hybridized carbons (Fsp3) is 0.412. The molecule has 0 aromatic carbocycles. The van der Waals surface area contributed by atoms with Crippen LogP contribution in [0.4, 0.5) is 10.2 Å². The molecular formula is C17H20FN7. The molecule has 1 aliphatic rings. The normalized spacial score (nSPS) is 20.7. The van der Waals surface area contributed by atoms with E-state index in [-0.39, 0.29) is 11.9 Å². The number of anilines is 1. The third-order valence-corrected chi connectivity index (χ3v) is 4.76. The molecular weight excluding hydrogens is 321 g/mol. The van der Waals surface area contributed by atoms with Crippen LogP contribution in [0, 0.1) is 5.82 Å². The van der Waals surface area contributed by atoms with E-state index in [0.717, 1.165) is 36.6 Å². The molecule has 2 atom stereocenters. The molecule has 0 radical (unpaired) electrons. The number of aromatic amines is 1. The lowest BCUT2D eigenvalue weighted by Gasteiger charge is -2.29. The van der Waals surface area contributed by atoms with Gasteiger partial charge in [0.2, 0.25) is 0 Å². The van der Waals surface area contributed by atoms with Crippen molar-refractivity contribution in [2.24, 2.45) is 0 Å². The summed E-state index contributed by atoms with van der Waals surface area (Å²) in [4.78, 5) is 19.8. The summed E-state index contributed by atoms with van der Waals surface area (Å²) < 4.78 is 14.2. The number of aromatic nitrogens is 5. The Morgan fingerprint density at radius 1 is 1.20 bits per heavy atom. The second kappa shape index (κ2) is 6.72. The van der Waals surface area contributed by atoms with Crippen LogP contribution in [0.3, 0.4) is 0 Å². The number of nitrogens with one attached hydrogen (secondary N) is 3. The molecule has 7 nitrogen and oxygen atoms in total. The molecule has 1 aliphatic carbocycles. The molecule has 1 saturated carbocycles. The Hall–Kier alpha value is -2.61. The van der Waals surface area contributed by atoms with Gasteiger partial charge in [0.1, 0.15) is 12.0 Å². The van der Waals surface area contributed by atoms with E-state index in [2.05, 4.69) is 35.6 Å². The topological polar surface area (TPSA) is 91.4 Å². The van der Waals surface area contributed by atoms with Crippen molar-refractivity contribution in [1.29, 1.82) is 0 Å². The van der Waals surface area contributed by atoms with E-state index in [1.54, 1.807) is 12.4 Å². The summed E-state index contributed by atoms with van der Waals surface area (Å²) in [5.41, 5.74) is 1.46. The zero-order valence-corrected chi connectivity index (χ0v) is 14.0. The van der Waals surface area contributed by atoms with Crippen LogP contribution in [-0.4, -0.2) is 44.1 Å². The number of H-pyrrole nitrogens is 1. The van der Waals surface area contributed by atoms with E-state index >= 15 is 0 Å². The van der Waals surface area contributed by atoms with Crippen LogP contribution < -0.4 is 10.6 Å². The lowest BCUT2D eigenvalue weighted by molar-refractivity contribution is 0.368. The first-order valence-corrected chi connectivity index (χ1v) is 8.48. The minimum absolute atomic E-state index is 0.203. The predicted molar refractivity (Wildman–Crippen MR) is 93.6 cm³/mol. The Morgan fingerprint density at radius 2 is 2.08 bits per heavy atom. The maximum atomic E-state index is 14.2. The summed E-state index contributed by atoms with van der Waals surface area (Å²) in [7, 11) is 1.97. The van der Waals surface area contributed by atoms with Crippen molar-refractivity contribution in [2.45, 2.75) is 37.8 Å². The SMILES string of the molecule is CNC1CCCC(Nc2nc(-c3c[nH]c4ncncc34)ncc2F)C1. The molecule has 130 valence electrons. The van der Waals surface area contributed by atoms with Gasteiger partial charge in [-0.05, 0) is 32.7 Å². The lowest BCUT2D eigenvalue weighted by Crippen LogP contribution is -2.37. The van der Waals surface area contributed by atoms with E-state index in [1.807, 2.05) is 7.05 Å². The van der Waals surface area contributed by atoms with Crippen LogP contribution >= 0.6 is 0 Å². The Bertz CT molecular complexity index is 878. The number of fused-ring (bicyclic) bond motifs is 1. The van der Waals surface area contributed by atoms with E-state index in [1.165, 1.54) is 12.5 Å². The quantitative estimate of drug-likeness (QED) is 0.675. The molecule has 0 aliphatic heterocycles. The van der Waals surface area contributed by atoms with Gasteiger partial charge in [-0.15, -0.1) is 0 Å². The fourth-order valence-electron chi connectivity index (χ4n) is 3.42. The number of rotatable bonds is 4. The molecule has 3 aromatic heterocycles. The van der Waals surface area contributed by atoms with Crippen LogP contribution in [0.1, 0.15) is 25.7 Å². The second-order valence-corrected chi connectivity index (χ2v) is 6.37. The van der Waals surface area contributed by atoms with Crippen molar-refractivity contribution in [2.75, 3.05) is 12.4 Å². The molecule has 25 heavy (non-hydrogen) atoms. The Labute approximate surface area is 144 Å². The van der Waals surface area contributed by atoms with Crippen LogP contribution in [0.5, 0.6) is 0 Å². The summed E-state index contributed by atoms with van der Waals surface area (Å²) in [6.45, 7) is 0. The number of hydrogen-bond acceptors (Lipinski definition) is 6.